The number of hydrogen-bond donors (Lipinski definition) is 0. The first kappa shape index (κ1) is 14.3. The van der Waals surface area contributed by atoms with Gasteiger partial charge in [-0.15, -0.1) is 0 Å². The summed E-state index contributed by atoms with van der Waals surface area (Å²) < 4.78 is 19.2. The average Bonchev–Trinajstić information content (AvgIpc) is 2.63. The highest BCUT2D eigenvalue weighted by molar-refractivity contribution is 5.79. The minimum atomic E-state index is -0.438. The van der Waals surface area contributed by atoms with Crippen LogP contribution in [-0.2, 0) is 0 Å². The molecule has 0 aliphatic carbocycles. The molecule has 0 aliphatic heterocycles. The molecule has 2 aromatic carbocycles. The van der Waals surface area contributed by atoms with E-state index < -0.39 is 5.82 Å². The van der Waals surface area contributed by atoms with Gasteiger partial charge in [0.05, 0.1) is 5.52 Å². The van der Waals surface area contributed by atoms with Crippen molar-refractivity contribution in [3.05, 3.63) is 78.7 Å². The summed E-state index contributed by atoms with van der Waals surface area (Å²) >= 11 is 0. The van der Waals surface area contributed by atoms with Gasteiger partial charge in [0.25, 0.3) is 0 Å². The first-order valence-electron chi connectivity index (χ1n) is 7.41. The summed E-state index contributed by atoms with van der Waals surface area (Å²) in [6, 6.07) is 19.2. The van der Waals surface area contributed by atoms with Crippen molar-refractivity contribution in [1.29, 1.82) is 0 Å². The molecule has 116 valence electrons. The molecule has 4 aromatic rings. The van der Waals surface area contributed by atoms with Gasteiger partial charge in [0.1, 0.15) is 5.69 Å². The van der Waals surface area contributed by atoms with E-state index in [2.05, 4.69) is 15.0 Å². The Kier molecular flexibility index (Phi) is 3.59. The van der Waals surface area contributed by atoms with Crippen molar-refractivity contribution < 1.29 is 9.13 Å². The number of benzene rings is 2. The summed E-state index contributed by atoms with van der Waals surface area (Å²) in [5.74, 6) is 0.468. The quantitative estimate of drug-likeness (QED) is 0.553. The van der Waals surface area contributed by atoms with Crippen LogP contribution in [0.1, 0.15) is 0 Å². The van der Waals surface area contributed by atoms with Crippen LogP contribution in [0.25, 0.3) is 22.4 Å². The number of ether oxygens (including phenoxy) is 1. The minimum Gasteiger partial charge on any atom is -0.436 e. The van der Waals surface area contributed by atoms with E-state index in [1.165, 1.54) is 6.07 Å². The zero-order valence-electron chi connectivity index (χ0n) is 12.6. The van der Waals surface area contributed by atoms with Crippen LogP contribution in [-0.4, -0.2) is 15.0 Å². The topological polar surface area (TPSA) is 47.9 Å². The van der Waals surface area contributed by atoms with Gasteiger partial charge in [-0.2, -0.15) is 0 Å². The Labute approximate surface area is 137 Å². The predicted octanol–water partition coefficient (Wildman–Crippen LogP) is 4.62. The van der Waals surface area contributed by atoms with E-state index in [1.807, 2.05) is 24.3 Å². The monoisotopic (exact) mass is 317 g/mol. The largest absolute Gasteiger partial charge is 0.436 e. The zero-order valence-corrected chi connectivity index (χ0v) is 12.6. The van der Waals surface area contributed by atoms with Gasteiger partial charge in [-0.25, -0.2) is 19.3 Å². The van der Waals surface area contributed by atoms with Crippen molar-refractivity contribution in [1.82, 2.24) is 15.0 Å². The molecule has 0 fully saturated rings. The van der Waals surface area contributed by atoms with Crippen molar-refractivity contribution >= 4 is 10.9 Å². The third-order valence-electron chi connectivity index (χ3n) is 3.49. The molecule has 0 spiro atoms. The molecule has 0 aliphatic rings. The molecule has 4 rings (SSSR count). The third kappa shape index (κ3) is 2.79. The molecule has 0 N–H and O–H groups in total. The Hall–Kier alpha value is -3.34. The lowest BCUT2D eigenvalue weighted by Crippen LogP contribution is -1.95. The van der Waals surface area contributed by atoms with Gasteiger partial charge in [-0.3, -0.25) is 0 Å². The first-order valence-corrected chi connectivity index (χ1v) is 7.41. The smallest absolute Gasteiger partial charge is 0.220 e. The lowest BCUT2D eigenvalue weighted by Gasteiger charge is -2.07. The maximum atomic E-state index is 13.7. The van der Waals surface area contributed by atoms with Gasteiger partial charge >= 0.3 is 0 Å². The first-order chi connectivity index (χ1) is 11.8. The van der Waals surface area contributed by atoms with E-state index in [9.17, 15) is 4.39 Å². The second-order valence-electron chi connectivity index (χ2n) is 5.15. The lowest BCUT2D eigenvalue weighted by molar-refractivity contribution is 0.428. The predicted molar refractivity (Wildman–Crippen MR) is 89.2 cm³/mol. The number of pyridine rings is 1. The van der Waals surface area contributed by atoms with Crippen LogP contribution in [0.3, 0.4) is 0 Å². The molecule has 0 atom stereocenters. The molecule has 0 bridgehead atoms. The number of fused-ring (bicyclic) bond motifs is 1. The fraction of sp³-hybridized carbons (Fsp3) is 0. The summed E-state index contributed by atoms with van der Waals surface area (Å²) in [5, 5.41) is 0.958. The Morgan fingerprint density at radius 1 is 0.792 bits per heavy atom. The molecule has 2 heterocycles. The minimum absolute atomic E-state index is 0.126. The summed E-state index contributed by atoms with van der Waals surface area (Å²) in [6.45, 7) is 0. The Bertz CT molecular complexity index is 1020. The number of para-hydroxylation sites is 2. The molecule has 0 unspecified atom stereocenters. The summed E-state index contributed by atoms with van der Waals surface area (Å²) in [7, 11) is 0. The van der Waals surface area contributed by atoms with Crippen molar-refractivity contribution in [3.63, 3.8) is 0 Å². The van der Waals surface area contributed by atoms with Gasteiger partial charge in [-0.1, -0.05) is 36.4 Å². The number of aromatic nitrogens is 3. The SMILES string of the molecule is Fc1ccccc1Oc1cccc(-c2ncc3ccccc3n2)n1. The Morgan fingerprint density at radius 2 is 1.62 bits per heavy atom. The molecule has 4 nitrogen and oxygen atoms in total. The van der Waals surface area contributed by atoms with Gasteiger partial charge in [0.2, 0.25) is 5.88 Å². The Balaban J connectivity index is 1.70. The average molecular weight is 317 g/mol. The van der Waals surface area contributed by atoms with E-state index in [4.69, 9.17) is 4.74 Å². The van der Waals surface area contributed by atoms with Crippen LogP contribution in [0.2, 0.25) is 0 Å². The van der Waals surface area contributed by atoms with Crippen LogP contribution in [0.15, 0.2) is 72.9 Å². The number of hydrogen-bond acceptors (Lipinski definition) is 4. The van der Waals surface area contributed by atoms with Crippen molar-refractivity contribution in [3.8, 4) is 23.1 Å². The molecule has 5 heteroatoms. The van der Waals surface area contributed by atoms with E-state index in [0.717, 1.165) is 10.9 Å². The maximum Gasteiger partial charge on any atom is 0.220 e. The van der Waals surface area contributed by atoms with Crippen molar-refractivity contribution in [2.24, 2.45) is 0 Å². The molecule has 0 amide bonds. The second kappa shape index (κ2) is 6.04. The van der Waals surface area contributed by atoms with Crippen LogP contribution in [0.5, 0.6) is 11.6 Å². The number of halogens is 1. The highest BCUT2D eigenvalue weighted by Gasteiger charge is 2.08. The molecular weight excluding hydrogens is 305 g/mol. The summed E-state index contributed by atoms with van der Waals surface area (Å²) in [5.41, 5.74) is 1.40. The maximum absolute atomic E-state index is 13.7. The van der Waals surface area contributed by atoms with E-state index in [1.54, 1.807) is 42.6 Å². The highest BCUT2D eigenvalue weighted by atomic mass is 19.1. The molecule has 0 radical (unpaired) electrons. The lowest BCUT2D eigenvalue weighted by atomic mass is 10.2. The van der Waals surface area contributed by atoms with Crippen molar-refractivity contribution in [2.45, 2.75) is 0 Å². The molecule has 0 saturated carbocycles. The normalized spacial score (nSPS) is 10.7. The van der Waals surface area contributed by atoms with Crippen molar-refractivity contribution in [2.75, 3.05) is 0 Å². The highest BCUT2D eigenvalue weighted by Crippen LogP contribution is 2.24. The van der Waals surface area contributed by atoms with Gasteiger partial charge in [0, 0.05) is 17.6 Å². The summed E-state index contributed by atoms with van der Waals surface area (Å²) in [6.07, 6.45) is 1.75. The fourth-order valence-electron chi connectivity index (χ4n) is 2.33. The molecular formula is C19H12FN3O. The molecule has 24 heavy (non-hydrogen) atoms. The van der Waals surface area contributed by atoms with Gasteiger partial charge < -0.3 is 4.74 Å². The second-order valence-corrected chi connectivity index (χ2v) is 5.15. The van der Waals surface area contributed by atoms with E-state index in [0.29, 0.717) is 11.5 Å². The standard InChI is InChI=1S/C19H12FN3O/c20-14-7-2-4-10-17(14)24-18-11-5-9-16(22-18)19-21-12-13-6-1-3-8-15(13)23-19/h1-12H. The van der Waals surface area contributed by atoms with E-state index >= 15 is 0 Å². The molecule has 2 aromatic heterocycles. The molecule has 0 saturated heterocycles. The third-order valence-corrected chi connectivity index (χ3v) is 3.49. The Morgan fingerprint density at radius 3 is 2.54 bits per heavy atom. The van der Waals surface area contributed by atoms with Gasteiger partial charge in [0.15, 0.2) is 17.4 Å². The van der Waals surface area contributed by atoms with Crippen LogP contribution in [0.4, 0.5) is 4.39 Å². The van der Waals surface area contributed by atoms with Crippen LogP contribution in [0, 0.1) is 5.82 Å². The van der Waals surface area contributed by atoms with Crippen LogP contribution < -0.4 is 4.74 Å². The van der Waals surface area contributed by atoms with E-state index in [-0.39, 0.29) is 11.6 Å². The zero-order chi connectivity index (χ0) is 16.4. The van der Waals surface area contributed by atoms with Gasteiger partial charge in [-0.05, 0) is 24.3 Å². The summed E-state index contributed by atoms with van der Waals surface area (Å²) in [4.78, 5) is 13.2. The number of nitrogens with zero attached hydrogens (tertiary/aromatic N) is 3. The fourth-order valence-corrected chi connectivity index (χ4v) is 2.33. The number of rotatable bonds is 3. The van der Waals surface area contributed by atoms with Crippen LogP contribution >= 0.6 is 0 Å².